The van der Waals surface area contributed by atoms with Gasteiger partial charge in [-0.1, -0.05) is 0 Å². The molecule has 0 radical (unpaired) electrons. The highest BCUT2D eigenvalue weighted by Crippen LogP contribution is 2.20. The summed E-state index contributed by atoms with van der Waals surface area (Å²) in [6.07, 6.45) is 2.49. The van der Waals surface area contributed by atoms with Crippen LogP contribution in [0.25, 0.3) is 11.2 Å². The lowest BCUT2D eigenvalue weighted by Crippen LogP contribution is -2.46. The van der Waals surface area contributed by atoms with Crippen LogP contribution in [0.4, 0.5) is 4.79 Å². The van der Waals surface area contributed by atoms with Gasteiger partial charge >= 0.3 is 12.1 Å². The van der Waals surface area contributed by atoms with Gasteiger partial charge in [0, 0.05) is 19.3 Å². The minimum atomic E-state index is -0.574. The number of rotatable bonds is 2. The van der Waals surface area contributed by atoms with E-state index in [0.717, 1.165) is 4.85 Å². The van der Waals surface area contributed by atoms with Gasteiger partial charge in [-0.15, -0.1) is 5.10 Å². The molecule has 1 fully saturated rings. The van der Waals surface area contributed by atoms with E-state index in [1.54, 1.807) is 23.2 Å². The van der Waals surface area contributed by atoms with Crippen LogP contribution in [0.15, 0.2) is 18.3 Å². The normalized spacial score (nSPS) is 18.2. The van der Waals surface area contributed by atoms with E-state index in [0.29, 0.717) is 30.6 Å². The summed E-state index contributed by atoms with van der Waals surface area (Å²) in [5.41, 5.74) is 0.334. The third-order valence-corrected chi connectivity index (χ3v) is 3.76. The third kappa shape index (κ3) is 4.04. The molecule has 0 N–H and O–H groups in total. The van der Waals surface area contributed by atoms with Crippen LogP contribution in [-0.2, 0) is 9.53 Å². The molecule has 1 aliphatic rings. The molecule has 9 heteroatoms. The van der Waals surface area contributed by atoms with Crippen molar-refractivity contribution < 1.29 is 19.2 Å². The SMILES string of the molecule is CC(C)(C)OC(=O)N1CCC[C@@H](C(=O)On2nnc3cccnc32)C1. The number of likely N-dealkylation sites (tertiary alicyclic amines) is 1. The summed E-state index contributed by atoms with van der Waals surface area (Å²) in [4.78, 5) is 36.6. The highest BCUT2D eigenvalue weighted by Gasteiger charge is 2.32. The van der Waals surface area contributed by atoms with Crippen molar-refractivity contribution >= 4 is 23.2 Å². The van der Waals surface area contributed by atoms with Gasteiger partial charge in [-0.3, -0.25) is 0 Å². The van der Waals surface area contributed by atoms with Gasteiger partial charge < -0.3 is 14.5 Å². The molecule has 3 rings (SSSR count). The second-order valence-corrected chi connectivity index (χ2v) is 6.98. The second-order valence-electron chi connectivity index (χ2n) is 6.98. The summed E-state index contributed by atoms with van der Waals surface area (Å²) in [6.45, 7) is 6.25. The maximum absolute atomic E-state index is 12.4. The molecule has 1 saturated heterocycles. The van der Waals surface area contributed by atoms with Gasteiger partial charge in [0.05, 0.1) is 5.92 Å². The molecule has 0 aromatic carbocycles. The molecule has 1 amide bonds. The molecule has 1 aliphatic heterocycles. The van der Waals surface area contributed by atoms with Crippen molar-refractivity contribution in [3.63, 3.8) is 0 Å². The molecule has 0 saturated carbocycles. The molecule has 0 spiro atoms. The maximum Gasteiger partial charge on any atom is 0.410 e. The number of amides is 1. The Bertz CT molecular complexity index is 782. The predicted octanol–water partition coefficient (Wildman–Crippen LogP) is 1.43. The first-order chi connectivity index (χ1) is 11.8. The number of nitrogens with zero attached hydrogens (tertiary/aromatic N) is 5. The largest absolute Gasteiger partial charge is 0.444 e. The number of carbonyl (C=O) groups excluding carboxylic acids is 2. The first-order valence-corrected chi connectivity index (χ1v) is 8.20. The second kappa shape index (κ2) is 6.66. The minimum Gasteiger partial charge on any atom is -0.444 e. The molecule has 2 aromatic heterocycles. The number of hydrogen-bond acceptors (Lipinski definition) is 7. The number of piperidine rings is 1. The molecule has 25 heavy (non-hydrogen) atoms. The summed E-state index contributed by atoms with van der Waals surface area (Å²) in [6, 6.07) is 3.45. The number of hydrogen-bond donors (Lipinski definition) is 0. The number of aromatic nitrogens is 4. The monoisotopic (exact) mass is 347 g/mol. The van der Waals surface area contributed by atoms with Crippen molar-refractivity contribution in [3.8, 4) is 0 Å². The van der Waals surface area contributed by atoms with Gasteiger partial charge in [0.2, 0.25) is 5.65 Å². The lowest BCUT2D eigenvalue weighted by Gasteiger charge is -2.32. The maximum atomic E-state index is 12.4. The van der Waals surface area contributed by atoms with Crippen molar-refractivity contribution in [2.75, 3.05) is 13.1 Å². The van der Waals surface area contributed by atoms with Crippen molar-refractivity contribution in [1.82, 2.24) is 25.0 Å². The average Bonchev–Trinajstić information content (AvgIpc) is 2.97. The van der Waals surface area contributed by atoms with Crippen molar-refractivity contribution in [2.24, 2.45) is 5.92 Å². The lowest BCUT2D eigenvalue weighted by atomic mass is 9.99. The molecular formula is C16H21N5O4. The molecule has 1 atom stereocenters. The van der Waals surface area contributed by atoms with Crippen LogP contribution in [0.3, 0.4) is 0 Å². The van der Waals surface area contributed by atoms with E-state index in [9.17, 15) is 9.59 Å². The zero-order chi connectivity index (χ0) is 18.0. The van der Waals surface area contributed by atoms with E-state index >= 15 is 0 Å². The molecule has 9 nitrogen and oxygen atoms in total. The van der Waals surface area contributed by atoms with Crippen molar-refractivity contribution in [3.05, 3.63) is 18.3 Å². The Hall–Kier alpha value is -2.71. The smallest absolute Gasteiger partial charge is 0.410 e. The van der Waals surface area contributed by atoms with E-state index in [1.165, 1.54) is 0 Å². The summed E-state index contributed by atoms with van der Waals surface area (Å²) in [7, 11) is 0. The number of fused-ring (bicyclic) bond motifs is 1. The van der Waals surface area contributed by atoms with Crippen LogP contribution in [-0.4, -0.2) is 55.8 Å². The fourth-order valence-corrected chi connectivity index (χ4v) is 2.63. The number of carbonyl (C=O) groups is 2. The highest BCUT2D eigenvalue weighted by atomic mass is 16.7. The van der Waals surface area contributed by atoms with E-state index < -0.39 is 23.6 Å². The highest BCUT2D eigenvalue weighted by molar-refractivity contribution is 5.76. The zero-order valence-corrected chi connectivity index (χ0v) is 14.5. The zero-order valence-electron chi connectivity index (χ0n) is 14.5. The predicted molar refractivity (Wildman–Crippen MR) is 87.4 cm³/mol. The van der Waals surface area contributed by atoms with Crippen LogP contribution in [0.1, 0.15) is 33.6 Å². The fourth-order valence-electron chi connectivity index (χ4n) is 2.63. The van der Waals surface area contributed by atoms with Gasteiger partial charge in [-0.05, 0) is 55.8 Å². The number of ether oxygens (including phenoxy) is 1. The summed E-state index contributed by atoms with van der Waals surface area (Å²) < 4.78 is 5.37. The van der Waals surface area contributed by atoms with Gasteiger partial charge in [0.1, 0.15) is 11.1 Å². The number of pyridine rings is 1. The van der Waals surface area contributed by atoms with Gasteiger partial charge in [0.25, 0.3) is 0 Å². The summed E-state index contributed by atoms with van der Waals surface area (Å²) in [5.74, 6) is -0.907. The topological polar surface area (TPSA) is 99.4 Å². The van der Waals surface area contributed by atoms with Crippen LogP contribution in [0.5, 0.6) is 0 Å². The first kappa shape index (κ1) is 17.1. The molecule has 0 bridgehead atoms. The molecule has 0 aliphatic carbocycles. The Balaban J connectivity index is 1.65. The third-order valence-electron chi connectivity index (χ3n) is 3.76. The van der Waals surface area contributed by atoms with Crippen molar-refractivity contribution in [1.29, 1.82) is 0 Å². The summed E-state index contributed by atoms with van der Waals surface area (Å²) in [5, 5.41) is 7.68. The van der Waals surface area contributed by atoms with Crippen molar-refractivity contribution in [2.45, 2.75) is 39.2 Å². The molecular weight excluding hydrogens is 326 g/mol. The lowest BCUT2D eigenvalue weighted by molar-refractivity contribution is -0.152. The fraction of sp³-hybridized carbons (Fsp3) is 0.562. The Morgan fingerprint density at radius 2 is 2.12 bits per heavy atom. The van der Waals surface area contributed by atoms with Gasteiger partial charge in [-0.2, -0.15) is 0 Å². The van der Waals surface area contributed by atoms with Crippen LogP contribution in [0.2, 0.25) is 0 Å². The molecule has 0 unspecified atom stereocenters. The van der Waals surface area contributed by atoms with E-state index in [2.05, 4.69) is 15.3 Å². The van der Waals surface area contributed by atoms with Crippen LogP contribution >= 0.6 is 0 Å². The Morgan fingerprint density at radius 1 is 1.32 bits per heavy atom. The van der Waals surface area contributed by atoms with E-state index in [4.69, 9.17) is 9.57 Å². The van der Waals surface area contributed by atoms with Crippen LogP contribution < -0.4 is 4.84 Å². The standard InChI is InChI=1S/C16H21N5O4/c1-16(2,3)24-15(23)20-9-5-6-11(10-20)14(22)25-21-13-12(18-19-21)7-4-8-17-13/h4,7-8,11H,5-6,9-10H2,1-3H3/t11-/m1/s1. The first-order valence-electron chi connectivity index (χ1n) is 8.20. The Kier molecular flexibility index (Phi) is 4.56. The summed E-state index contributed by atoms with van der Waals surface area (Å²) >= 11 is 0. The average molecular weight is 347 g/mol. The van der Waals surface area contributed by atoms with Gasteiger partial charge in [-0.25, -0.2) is 14.6 Å². The van der Waals surface area contributed by atoms with E-state index in [-0.39, 0.29) is 6.54 Å². The van der Waals surface area contributed by atoms with Crippen LogP contribution in [0, 0.1) is 5.92 Å². The molecule has 134 valence electrons. The Morgan fingerprint density at radius 3 is 2.88 bits per heavy atom. The Labute approximate surface area is 144 Å². The molecule has 3 heterocycles. The van der Waals surface area contributed by atoms with Gasteiger partial charge in [0.15, 0.2) is 0 Å². The molecule has 2 aromatic rings. The van der Waals surface area contributed by atoms with E-state index in [1.807, 2.05) is 20.8 Å². The minimum absolute atomic E-state index is 0.258. The quantitative estimate of drug-likeness (QED) is 0.758.